The van der Waals surface area contributed by atoms with Crippen molar-refractivity contribution < 1.29 is 9.84 Å². The summed E-state index contributed by atoms with van der Waals surface area (Å²) in [5.41, 5.74) is 2.70. The minimum Gasteiger partial charge on any atom is -0.508 e. The normalized spacial score (nSPS) is 14.8. The molecule has 0 saturated heterocycles. The predicted molar refractivity (Wildman–Crippen MR) is 114 cm³/mol. The summed E-state index contributed by atoms with van der Waals surface area (Å²) in [6, 6.07) is 12.9. The van der Waals surface area contributed by atoms with E-state index in [1.165, 1.54) is 6.33 Å². The van der Waals surface area contributed by atoms with Crippen LogP contribution in [0.4, 0.5) is 5.82 Å². The standard InChI is InChI=1S/C22H23ClN4O2/c1-27(2)11-5-10-24-21-20-19(15-6-3-4-7-17(15)23)16-9-8-14(28)12-18(16)29-22(20)26-13-25-21/h3-4,6-9,12-13,19,28H,5,10-11H2,1-2H3,(H,24,25,26). The second-order valence-corrected chi connectivity index (χ2v) is 7.71. The monoisotopic (exact) mass is 410 g/mol. The van der Waals surface area contributed by atoms with Crippen molar-refractivity contribution in [1.82, 2.24) is 14.9 Å². The van der Waals surface area contributed by atoms with Crippen molar-refractivity contribution >= 4 is 17.4 Å². The molecule has 6 nitrogen and oxygen atoms in total. The van der Waals surface area contributed by atoms with Gasteiger partial charge in [-0.25, -0.2) is 9.97 Å². The summed E-state index contributed by atoms with van der Waals surface area (Å²) in [7, 11) is 4.11. The average Bonchev–Trinajstić information content (AvgIpc) is 2.70. The topological polar surface area (TPSA) is 70.5 Å². The summed E-state index contributed by atoms with van der Waals surface area (Å²) in [4.78, 5) is 11.0. The van der Waals surface area contributed by atoms with Crippen molar-refractivity contribution in [2.24, 2.45) is 0 Å². The highest BCUT2D eigenvalue weighted by Gasteiger charge is 2.34. The molecule has 29 heavy (non-hydrogen) atoms. The highest BCUT2D eigenvalue weighted by atomic mass is 35.5. The molecule has 0 amide bonds. The second kappa shape index (κ2) is 8.27. The molecule has 0 fully saturated rings. The van der Waals surface area contributed by atoms with Crippen molar-refractivity contribution in [2.45, 2.75) is 12.3 Å². The van der Waals surface area contributed by atoms with Gasteiger partial charge in [0.05, 0.1) is 5.56 Å². The third-order valence-electron chi connectivity index (χ3n) is 4.94. The number of fused-ring (bicyclic) bond motifs is 2. The number of ether oxygens (including phenoxy) is 1. The smallest absolute Gasteiger partial charge is 0.228 e. The minimum atomic E-state index is -0.208. The van der Waals surface area contributed by atoms with E-state index in [-0.39, 0.29) is 11.7 Å². The Labute approximate surface area is 175 Å². The molecule has 1 aliphatic rings. The van der Waals surface area contributed by atoms with Crippen LogP contribution in [0.25, 0.3) is 0 Å². The fraction of sp³-hybridized carbons (Fsp3) is 0.273. The quantitative estimate of drug-likeness (QED) is 0.456. The van der Waals surface area contributed by atoms with Gasteiger partial charge < -0.3 is 20.1 Å². The molecule has 1 aromatic heterocycles. The second-order valence-electron chi connectivity index (χ2n) is 7.30. The number of hydrogen-bond acceptors (Lipinski definition) is 6. The van der Waals surface area contributed by atoms with E-state index in [0.29, 0.717) is 16.7 Å². The molecule has 150 valence electrons. The van der Waals surface area contributed by atoms with Gasteiger partial charge in [0.15, 0.2) is 0 Å². The minimum absolute atomic E-state index is 0.140. The van der Waals surface area contributed by atoms with E-state index < -0.39 is 0 Å². The number of halogens is 1. The van der Waals surface area contributed by atoms with E-state index in [1.54, 1.807) is 12.1 Å². The molecular formula is C22H23ClN4O2. The van der Waals surface area contributed by atoms with Crippen LogP contribution in [0.15, 0.2) is 48.8 Å². The Hall–Kier alpha value is -2.83. The number of benzene rings is 2. The number of aromatic nitrogens is 2. The fourth-order valence-corrected chi connectivity index (χ4v) is 3.85. The van der Waals surface area contributed by atoms with Crippen LogP contribution < -0.4 is 10.1 Å². The first kappa shape index (κ1) is 19.5. The fourth-order valence-electron chi connectivity index (χ4n) is 3.61. The molecule has 3 aromatic rings. The first-order valence-corrected chi connectivity index (χ1v) is 9.91. The Balaban J connectivity index is 1.79. The molecule has 4 rings (SSSR count). The van der Waals surface area contributed by atoms with Crippen LogP contribution in [0.2, 0.25) is 5.02 Å². The lowest BCUT2D eigenvalue weighted by Crippen LogP contribution is -2.19. The molecule has 1 unspecified atom stereocenters. The van der Waals surface area contributed by atoms with Gasteiger partial charge in [-0.3, -0.25) is 0 Å². The predicted octanol–water partition coefficient (Wildman–Crippen LogP) is 4.49. The molecule has 2 aromatic carbocycles. The Morgan fingerprint density at radius 2 is 1.97 bits per heavy atom. The Bertz CT molecular complexity index is 1030. The lowest BCUT2D eigenvalue weighted by atomic mass is 9.83. The summed E-state index contributed by atoms with van der Waals surface area (Å²) < 4.78 is 6.03. The van der Waals surface area contributed by atoms with Crippen molar-refractivity contribution in [2.75, 3.05) is 32.5 Å². The van der Waals surface area contributed by atoms with Crippen molar-refractivity contribution in [1.29, 1.82) is 0 Å². The van der Waals surface area contributed by atoms with E-state index in [9.17, 15) is 5.11 Å². The van der Waals surface area contributed by atoms with Crippen LogP contribution in [-0.2, 0) is 0 Å². The number of aromatic hydroxyl groups is 1. The molecule has 0 aliphatic carbocycles. The van der Waals surface area contributed by atoms with Crippen molar-refractivity contribution in [3.63, 3.8) is 0 Å². The van der Waals surface area contributed by atoms with Crippen LogP contribution >= 0.6 is 11.6 Å². The maximum Gasteiger partial charge on any atom is 0.228 e. The summed E-state index contributed by atoms with van der Waals surface area (Å²) in [5, 5.41) is 14.0. The van der Waals surface area contributed by atoms with Gasteiger partial charge in [-0.15, -0.1) is 0 Å². The van der Waals surface area contributed by atoms with E-state index in [2.05, 4.69) is 34.3 Å². The van der Waals surface area contributed by atoms with Crippen LogP contribution in [0.3, 0.4) is 0 Å². The van der Waals surface area contributed by atoms with E-state index in [4.69, 9.17) is 16.3 Å². The third-order valence-corrected chi connectivity index (χ3v) is 5.29. The molecule has 1 atom stereocenters. The zero-order chi connectivity index (χ0) is 20.4. The lowest BCUT2D eigenvalue weighted by Gasteiger charge is -2.29. The largest absolute Gasteiger partial charge is 0.508 e. The van der Waals surface area contributed by atoms with Crippen LogP contribution in [0.5, 0.6) is 17.4 Å². The van der Waals surface area contributed by atoms with Crippen molar-refractivity contribution in [3.05, 3.63) is 70.5 Å². The number of nitrogens with zero attached hydrogens (tertiary/aromatic N) is 3. The number of nitrogens with one attached hydrogen (secondary N) is 1. The number of phenols is 1. The SMILES string of the molecule is CN(C)CCCNc1ncnc2c1C(c1ccccc1Cl)c1ccc(O)cc1O2. The van der Waals surface area contributed by atoms with Gasteiger partial charge in [0, 0.05) is 29.1 Å². The zero-order valence-corrected chi connectivity index (χ0v) is 17.1. The zero-order valence-electron chi connectivity index (χ0n) is 16.4. The summed E-state index contributed by atoms with van der Waals surface area (Å²) in [6.45, 7) is 1.76. The number of rotatable bonds is 6. The van der Waals surface area contributed by atoms with Crippen LogP contribution in [0, 0.1) is 0 Å². The van der Waals surface area contributed by atoms with Gasteiger partial charge in [0.2, 0.25) is 5.88 Å². The van der Waals surface area contributed by atoms with Crippen LogP contribution in [-0.4, -0.2) is 47.2 Å². The van der Waals surface area contributed by atoms with Gasteiger partial charge in [0.25, 0.3) is 0 Å². The molecule has 1 aliphatic heterocycles. The van der Waals surface area contributed by atoms with E-state index in [0.717, 1.165) is 42.0 Å². The summed E-state index contributed by atoms with van der Waals surface area (Å²) in [6.07, 6.45) is 2.47. The first-order chi connectivity index (χ1) is 14.0. The van der Waals surface area contributed by atoms with Gasteiger partial charge in [0.1, 0.15) is 23.6 Å². The summed E-state index contributed by atoms with van der Waals surface area (Å²) >= 11 is 6.58. The van der Waals surface area contributed by atoms with E-state index >= 15 is 0 Å². The van der Waals surface area contributed by atoms with Gasteiger partial charge in [-0.05, 0) is 44.8 Å². The Morgan fingerprint density at radius 1 is 1.14 bits per heavy atom. The Morgan fingerprint density at radius 3 is 2.76 bits per heavy atom. The van der Waals surface area contributed by atoms with Crippen LogP contribution in [0.1, 0.15) is 29.0 Å². The molecule has 0 spiro atoms. The number of phenolic OH excluding ortho intramolecular Hbond substituents is 1. The maximum atomic E-state index is 9.94. The highest BCUT2D eigenvalue weighted by Crippen LogP contribution is 2.50. The average molecular weight is 411 g/mol. The van der Waals surface area contributed by atoms with Gasteiger partial charge in [-0.2, -0.15) is 0 Å². The molecular weight excluding hydrogens is 388 g/mol. The molecule has 2 N–H and O–H groups in total. The maximum absolute atomic E-state index is 9.94. The molecule has 2 heterocycles. The number of anilines is 1. The van der Waals surface area contributed by atoms with E-state index in [1.807, 2.05) is 30.3 Å². The summed E-state index contributed by atoms with van der Waals surface area (Å²) in [5.74, 6) is 1.71. The first-order valence-electron chi connectivity index (χ1n) is 9.53. The third kappa shape index (κ3) is 3.99. The van der Waals surface area contributed by atoms with Gasteiger partial charge >= 0.3 is 0 Å². The highest BCUT2D eigenvalue weighted by molar-refractivity contribution is 6.31. The molecule has 0 bridgehead atoms. The van der Waals surface area contributed by atoms with Gasteiger partial charge in [-0.1, -0.05) is 35.9 Å². The molecule has 7 heteroatoms. The molecule has 0 radical (unpaired) electrons. The Kier molecular flexibility index (Phi) is 5.56. The number of hydrogen-bond donors (Lipinski definition) is 2. The lowest BCUT2D eigenvalue weighted by molar-refractivity contribution is 0.405. The molecule has 0 saturated carbocycles. The van der Waals surface area contributed by atoms with Crippen molar-refractivity contribution in [3.8, 4) is 17.4 Å².